The number of nitrogens with two attached hydrogens (primary N) is 1. The normalized spacial score (nSPS) is 14.7. The number of amides is 1. The van der Waals surface area contributed by atoms with Crippen LogP contribution in [0.5, 0.6) is 0 Å². The summed E-state index contributed by atoms with van der Waals surface area (Å²) in [6, 6.07) is 2.02. The number of piperazine rings is 1. The molecule has 0 aromatic carbocycles. The number of carbonyl (C=O) groups excluding carboxylic acids is 1. The van der Waals surface area contributed by atoms with Gasteiger partial charge in [0.1, 0.15) is 6.54 Å². The van der Waals surface area contributed by atoms with E-state index in [1.54, 1.807) is 0 Å². The summed E-state index contributed by atoms with van der Waals surface area (Å²) in [5, 5.41) is 7.86. The summed E-state index contributed by atoms with van der Waals surface area (Å²) in [5.41, 5.74) is 9.60. The van der Waals surface area contributed by atoms with E-state index >= 15 is 0 Å². The minimum atomic E-state index is 0.139. The number of carbonyl (C=O) groups is 1. The SMILES string of the molecule is C=Cc1c(/C=C\C)n(CC(=O)N2CCNCC2)c2c(CNCCCCN)nccc12. The van der Waals surface area contributed by atoms with Crippen molar-refractivity contribution in [1.82, 2.24) is 25.1 Å². The Morgan fingerprint density at radius 2 is 2.17 bits per heavy atom. The van der Waals surface area contributed by atoms with E-state index in [1.165, 1.54) is 0 Å². The molecule has 1 amide bonds. The smallest absolute Gasteiger partial charge is 0.242 e. The molecule has 7 heteroatoms. The third-order valence-electron chi connectivity index (χ3n) is 5.52. The maximum absolute atomic E-state index is 13.1. The molecule has 7 nitrogen and oxygen atoms in total. The number of hydrogen-bond donors (Lipinski definition) is 3. The number of unbranched alkanes of at least 4 members (excludes halogenated alkanes) is 1. The highest BCUT2D eigenvalue weighted by atomic mass is 16.2. The van der Waals surface area contributed by atoms with Gasteiger partial charge < -0.3 is 25.8 Å². The van der Waals surface area contributed by atoms with E-state index in [0.29, 0.717) is 19.6 Å². The zero-order valence-corrected chi connectivity index (χ0v) is 18.0. The molecule has 1 saturated heterocycles. The molecular weight excluding hydrogens is 376 g/mol. The Bertz CT molecular complexity index is 895. The number of pyridine rings is 1. The summed E-state index contributed by atoms with van der Waals surface area (Å²) >= 11 is 0. The van der Waals surface area contributed by atoms with Gasteiger partial charge in [0, 0.05) is 55.6 Å². The van der Waals surface area contributed by atoms with Crippen molar-refractivity contribution >= 4 is 29.0 Å². The Morgan fingerprint density at radius 1 is 1.37 bits per heavy atom. The topological polar surface area (TPSA) is 88.2 Å². The standard InChI is InChI=1S/C23H34N6O/c1-3-7-21-18(4-2)19-8-11-27-20(16-26-10-6-5-9-24)23(19)29(21)17-22(30)28-14-12-25-13-15-28/h3-4,7-8,11,25-26H,2,5-6,9-10,12-17,24H2,1H3/b7-3-. The number of nitrogens with one attached hydrogen (secondary N) is 2. The van der Waals surface area contributed by atoms with Gasteiger partial charge in [-0.15, -0.1) is 0 Å². The molecule has 2 aromatic rings. The maximum Gasteiger partial charge on any atom is 0.242 e. The molecule has 3 heterocycles. The summed E-state index contributed by atoms with van der Waals surface area (Å²) in [6.07, 6.45) is 9.82. The second kappa shape index (κ2) is 11.1. The maximum atomic E-state index is 13.1. The Balaban J connectivity index is 1.97. The molecule has 162 valence electrons. The van der Waals surface area contributed by atoms with Gasteiger partial charge in [-0.25, -0.2) is 0 Å². The number of aromatic nitrogens is 2. The second-order valence-electron chi connectivity index (χ2n) is 7.55. The van der Waals surface area contributed by atoms with E-state index in [-0.39, 0.29) is 5.91 Å². The fraction of sp³-hybridized carbons (Fsp3) is 0.478. The van der Waals surface area contributed by atoms with Gasteiger partial charge in [0.15, 0.2) is 0 Å². The van der Waals surface area contributed by atoms with Crippen LogP contribution in [0, 0.1) is 0 Å². The number of hydrogen-bond acceptors (Lipinski definition) is 5. The van der Waals surface area contributed by atoms with Crippen molar-refractivity contribution in [3.63, 3.8) is 0 Å². The zero-order chi connectivity index (χ0) is 21.3. The van der Waals surface area contributed by atoms with Gasteiger partial charge in [0.25, 0.3) is 0 Å². The average Bonchev–Trinajstić information content (AvgIpc) is 3.07. The predicted octanol–water partition coefficient (Wildman–Crippen LogP) is 1.97. The first-order chi connectivity index (χ1) is 14.7. The van der Waals surface area contributed by atoms with Crippen LogP contribution in [0.25, 0.3) is 23.1 Å². The van der Waals surface area contributed by atoms with Gasteiger partial charge in [0.05, 0.1) is 11.2 Å². The molecule has 0 bridgehead atoms. The number of nitrogens with zero attached hydrogens (tertiary/aromatic N) is 3. The Labute approximate surface area is 179 Å². The van der Waals surface area contributed by atoms with Crippen molar-refractivity contribution in [2.24, 2.45) is 5.73 Å². The highest BCUT2D eigenvalue weighted by Crippen LogP contribution is 2.30. The number of allylic oxidation sites excluding steroid dienone is 1. The van der Waals surface area contributed by atoms with Gasteiger partial charge in [-0.2, -0.15) is 0 Å². The van der Waals surface area contributed by atoms with Crippen molar-refractivity contribution in [3.05, 3.63) is 41.9 Å². The van der Waals surface area contributed by atoms with Crippen molar-refractivity contribution in [2.45, 2.75) is 32.9 Å². The van der Waals surface area contributed by atoms with Gasteiger partial charge in [-0.1, -0.05) is 18.7 Å². The monoisotopic (exact) mass is 410 g/mol. The third-order valence-corrected chi connectivity index (χ3v) is 5.52. The van der Waals surface area contributed by atoms with Gasteiger partial charge in [-0.05, 0) is 45.0 Å². The summed E-state index contributed by atoms with van der Waals surface area (Å²) in [6.45, 7) is 11.8. The molecule has 0 atom stereocenters. The van der Waals surface area contributed by atoms with Gasteiger partial charge >= 0.3 is 0 Å². The predicted molar refractivity (Wildman–Crippen MR) is 124 cm³/mol. The van der Waals surface area contributed by atoms with Crippen LogP contribution < -0.4 is 16.4 Å². The average molecular weight is 411 g/mol. The molecule has 3 rings (SSSR count). The van der Waals surface area contributed by atoms with E-state index in [9.17, 15) is 4.79 Å². The molecule has 0 radical (unpaired) electrons. The fourth-order valence-corrected chi connectivity index (χ4v) is 4.02. The van der Waals surface area contributed by atoms with E-state index in [1.807, 2.05) is 36.2 Å². The van der Waals surface area contributed by atoms with Crippen LogP contribution in [0.2, 0.25) is 0 Å². The number of fused-ring (bicyclic) bond motifs is 1. The molecule has 1 aliphatic rings. The molecule has 30 heavy (non-hydrogen) atoms. The van der Waals surface area contributed by atoms with Crippen molar-refractivity contribution in [2.75, 3.05) is 39.3 Å². The van der Waals surface area contributed by atoms with E-state index in [4.69, 9.17) is 5.73 Å². The van der Waals surface area contributed by atoms with E-state index < -0.39 is 0 Å². The van der Waals surface area contributed by atoms with Gasteiger partial charge in [0.2, 0.25) is 5.91 Å². The van der Waals surface area contributed by atoms with Crippen LogP contribution in [0.3, 0.4) is 0 Å². The Morgan fingerprint density at radius 3 is 2.87 bits per heavy atom. The molecule has 1 fully saturated rings. The van der Waals surface area contributed by atoms with Crippen LogP contribution in [0.1, 0.15) is 36.7 Å². The first-order valence-corrected chi connectivity index (χ1v) is 10.9. The lowest BCUT2D eigenvalue weighted by molar-refractivity contribution is -0.132. The summed E-state index contributed by atoms with van der Waals surface area (Å²) in [4.78, 5) is 19.7. The van der Waals surface area contributed by atoms with Crippen LogP contribution >= 0.6 is 0 Å². The first-order valence-electron chi connectivity index (χ1n) is 10.9. The summed E-state index contributed by atoms with van der Waals surface area (Å²) in [7, 11) is 0. The van der Waals surface area contributed by atoms with Crippen LogP contribution in [-0.4, -0.2) is 59.6 Å². The van der Waals surface area contributed by atoms with Crippen LogP contribution in [0.4, 0.5) is 0 Å². The fourth-order valence-electron chi connectivity index (χ4n) is 4.02. The largest absolute Gasteiger partial charge is 0.339 e. The van der Waals surface area contributed by atoms with Crippen molar-refractivity contribution in [3.8, 4) is 0 Å². The molecule has 0 unspecified atom stereocenters. The minimum Gasteiger partial charge on any atom is -0.339 e. The number of rotatable bonds is 10. The Hall–Kier alpha value is -2.48. The Kier molecular flexibility index (Phi) is 8.19. The van der Waals surface area contributed by atoms with Crippen LogP contribution in [-0.2, 0) is 17.9 Å². The molecular formula is C23H34N6O. The third kappa shape index (κ3) is 4.98. The molecule has 4 N–H and O–H groups in total. The highest BCUT2D eigenvalue weighted by Gasteiger charge is 2.22. The van der Waals surface area contributed by atoms with Crippen LogP contribution in [0.15, 0.2) is 24.9 Å². The quantitative estimate of drug-likeness (QED) is 0.521. The van der Waals surface area contributed by atoms with E-state index in [0.717, 1.165) is 73.4 Å². The highest BCUT2D eigenvalue weighted by molar-refractivity contribution is 5.96. The lowest BCUT2D eigenvalue weighted by Crippen LogP contribution is -2.47. The van der Waals surface area contributed by atoms with E-state index in [2.05, 4.69) is 32.8 Å². The molecule has 2 aromatic heterocycles. The lowest BCUT2D eigenvalue weighted by Gasteiger charge is -2.28. The minimum absolute atomic E-state index is 0.139. The zero-order valence-electron chi connectivity index (χ0n) is 18.0. The molecule has 0 spiro atoms. The molecule has 1 aliphatic heterocycles. The molecule has 0 aliphatic carbocycles. The second-order valence-corrected chi connectivity index (χ2v) is 7.55. The molecule has 0 saturated carbocycles. The van der Waals surface area contributed by atoms with Gasteiger partial charge in [-0.3, -0.25) is 9.78 Å². The summed E-state index contributed by atoms with van der Waals surface area (Å²) < 4.78 is 2.11. The van der Waals surface area contributed by atoms with Crippen molar-refractivity contribution < 1.29 is 4.79 Å². The summed E-state index contributed by atoms with van der Waals surface area (Å²) in [5.74, 6) is 0.139. The lowest BCUT2D eigenvalue weighted by atomic mass is 10.1. The van der Waals surface area contributed by atoms with Crippen molar-refractivity contribution in [1.29, 1.82) is 0 Å². The first kappa shape index (κ1) is 22.2.